The average molecular weight is 287 g/mol. The molecule has 0 aliphatic carbocycles. The Morgan fingerprint density at radius 3 is 1.55 bits per heavy atom. The average Bonchev–Trinajstić information content (AvgIpc) is 2.34. The molecule has 4 nitrogen and oxygen atoms in total. The smallest absolute Gasteiger partial charge is 0.239 e. The molecule has 0 fully saturated rings. The highest BCUT2D eigenvalue weighted by Crippen LogP contribution is 2.08. The maximum Gasteiger partial charge on any atom is 0.239 e. The third-order valence-corrected chi connectivity index (χ3v) is 3.51. The Morgan fingerprint density at radius 1 is 0.950 bits per heavy atom. The van der Waals surface area contributed by atoms with Gasteiger partial charge in [-0.1, -0.05) is 13.8 Å². The molecule has 1 amide bonds. The van der Waals surface area contributed by atoms with Gasteiger partial charge in [0.2, 0.25) is 5.91 Å². The van der Waals surface area contributed by atoms with E-state index in [2.05, 4.69) is 52.0 Å². The third-order valence-electron chi connectivity index (χ3n) is 3.51. The van der Waals surface area contributed by atoms with Crippen LogP contribution in [0.15, 0.2) is 0 Å². The summed E-state index contributed by atoms with van der Waals surface area (Å²) in [7, 11) is 7.85. The van der Waals surface area contributed by atoms with Gasteiger partial charge in [0.1, 0.15) is 0 Å². The Bertz CT molecular complexity index is 244. The van der Waals surface area contributed by atoms with E-state index in [1.807, 2.05) is 27.9 Å². The molecule has 0 aromatic rings. The van der Waals surface area contributed by atoms with E-state index in [1.54, 1.807) is 4.90 Å². The summed E-state index contributed by atoms with van der Waals surface area (Å²) in [5, 5.41) is 3.08. The lowest BCUT2D eigenvalue weighted by Crippen LogP contribution is -2.46. The summed E-state index contributed by atoms with van der Waals surface area (Å²) in [5.41, 5.74) is 0. The van der Waals surface area contributed by atoms with Crippen LogP contribution in [0.3, 0.4) is 0 Å². The minimum atomic E-state index is -0.0394. The number of hydrogen-bond acceptors (Lipinski definition) is 3. The summed E-state index contributed by atoms with van der Waals surface area (Å²) in [6.45, 7) is 12.7. The second-order valence-corrected chi connectivity index (χ2v) is 6.57. The van der Waals surface area contributed by atoms with Crippen LogP contribution in [0.2, 0.25) is 0 Å². The van der Waals surface area contributed by atoms with Crippen molar-refractivity contribution in [3.8, 4) is 0 Å². The Labute approximate surface area is 126 Å². The molecule has 0 bridgehead atoms. The molecule has 0 rings (SSSR count). The van der Waals surface area contributed by atoms with Gasteiger partial charge >= 0.3 is 0 Å². The number of likely N-dealkylation sites (N-methyl/N-ethyl adjacent to an activating group) is 2. The standard InChI is InChI=1S/C11H24N2O.C5H13N/c1-8(2)7-10(12-5)11(14)13(6)9(3)4;1-5(2)6(3)4/h8-10,12H,7H2,1-6H3;5H,1-4H3/t10-;/m0./s1. The zero-order chi connectivity index (χ0) is 16.5. The summed E-state index contributed by atoms with van der Waals surface area (Å²) in [6.07, 6.45) is 0.895. The quantitative estimate of drug-likeness (QED) is 0.815. The lowest BCUT2D eigenvalue weighted by Gasteiger charge is -2.27. The van der Waals surface area contributed by atoms with Crippen molar-refractivity contribution in [2.75, 3.05) is 28.2 Å². The molecule has 0 unspecified atom stereocenters. The summed E-state index contributed by atoms with van der Waals surface area (Å²) in [4.78, 5) is 15.9. The number of nitrogens with one attached hydrogen (secondary N) is 1. The number of carbonyl (C=O) groups excluding carboxylic acids is 1. The lowest BCUT2D eigenvalue weighted by atomic mass is 10.0. The molecule has 0 heterocycles. The Hall–Kier alpha value is -0.610. The first-order chi connectivity index (χ1) is 9.04. The fourth-order valence-corrected chi connectivity index (χ4v) is 1.31. The third kappa shape index (κ3) is 10.2. The molecule has 0 spiro atoms. The normalized spacial score (nSPS) is 12.7. The van der Waals surface area contributed by atoms with Crippen molar-refractivity contribution in [1.82, 2.24) is 15.1 Å². The van der Waals surface area contributed by atoms with Crippen LogP contribution in [-0.4, -0.2) is 62.0 Å². The summed E-state index contributed by atoms with van der Waals surface area (Å²) in [5.74, 6) is 0.730. The maximum atomic E-state index is 11.9. The van der Waals surface area contributed by atoms with Crippen molar-refractivity contribution in [2.45, 2.75) is 66.1 Å². The predicted octanol–water partition coefficient (Wildman–Crippen LogP) is 2.44. The van der Waals surface area contributed by atoms with Crippen LogP contribution in [0.4, 0.5) is 0 Å². The maximum absolute atomic E-state index is 11.9. The van der Waals surface area contributed by atoms with Crippen LogP contribution >= 0.6 is 0 Å². The van der Waals surface area contributed by atoms with Gasteiger partial charge < -0.3 is 15.1 Å². The zero-order valence-electron chi connectivity index (χ0n) is 15.3. The van der Waals surface area contributed by atoms with E-state index in [0.29, 0.717) is 12.0 Å². The van der Waals surface area contributed by atoms with Crippen molar-refractivity contribution >= 4 is 5.91 Å². The highest BCUT2D eigenvalue weighted by molar-refractivity contribution is 5.81. The van der Waals surface area contributed by atoms with E-state index in [4.69, 9.17) is 0 Å². The number of carbonyl (C=O) groups is 1. The molecular weight excluding hydrogens is 250 g/mol. The van der Waals surface area contributed by atoms with Crippen molar-refractivity contribution in [3.05, 3.63) is 0 Å². The van der Waals surface area contributed by atoms with Gasteiger partial charge in [-0.2, -0.15) is 0 Å². The molecule has 4 heteroatoms. The SMILES string of the molecule is CC(C)N(C)C.CN[C@@H](CC(C)C)C(=O)N(C)C(C)C. The number of amides is 1. The van der Waals surface area contributed by atoms with Gasteiger partial charge in [-0.15, -0.1) is 0 Å². The monoisotopic (exact) mass is 287 g/mol. The minimum Gasteiger partial charge on any atom is -0.342 e. The molecule has 0 radical (unpaired) electrons. The Balaban J connectivity index is 0. The molecule has 0 saturated carbocycles. The lowest BCUT2D eigenvalue weighted by molar-refractivity contribution is -0.133. The van der Waals surface area contributed by atoms with Crippen LogP contribution in [0.5, 0.6) is 0 Å². The van der Waals surface area contributed by atoms with Gasteiger partial charge in [0, 0.05) is 19.1 Å². The van der Waals surface area contributed by atoms with Gasteiger partial charge in [0.15, 0.2) is 0 Å². The van der Waals surface area contributed by atoms with Crippen molar-refractivity contribution in [2.24, 2.45) is 5.92 Å². The minimum absolute atomic E-state index is 0.0394. The van der Waals surface area contributed by atoms with Crippen LogP contribution < -0.4 is 5.32 Å². The fraction of sp³-hybridized carbons (Fsp3) is 0.938. The second-order valence-electron chi connectivity index (χ2n) is 6.57. The summed E-state index contributed by atoms with van der Waals surface area (Å²) in [6, 6.07) is 0.915. The van der Waals surface area contributed by atoms with E-state index in [0.717, 1.165) is 6.42 Å². The largest absolute Gasteiger partial charge is 0.342 e. The molecule has 1 atom stereocenters. The van der Waals surface area contributed by atoms with Gasteiger partial charge in [-0.3, -0.25) is 4.79 Å². The van der Waals surface area contributed by atoms with Crippen LogP contribution in [-0.2, 0) is 4.79 Å². The predicted molar refractivity (Wildman–Crippen MR) is 89.0 cm³/mol. The van der Waals surface area contributed by atoms with Crippen molar-refractivity contribution < 1.29 is 4.79 Å². The summed E-state index contributed by atoms with van der Waals surface area (Å²) < 4.78 is 0. The Kier molecular flexibility index (Phi) is 12.0. The van der Waals surface area contributed by atoms with Crippen molar-refractivity contribution in [3.63, 3.8) is 0 Å². The molecule has 0 aliphatic heterocycles. The van der Waals surface area contributed by atoms with Crippen molar-refractivity contribution in [1.29, 1.82) is 0 Å². The molecule has 122 valence electrons. The first kappa shape index (κ1) is 21.7. The highest BCUT2D eigenvalue weighted by atomic mass is 16.2. The Morgan fingerprint density at radius 2 is 1.35 bits per heavy atom. The van der Waals surface area contributed by atoms with Crippen LogP contribution in [0, 0.1) is 5.92 Å². The first-order valence-corrected chi connectivity index (χ1v) is 7.64. The molecule has 0 saturated heterocycles. The molecule has 0 aliphatic rings. The number of nitrogens with zero attached hydrogens (tertiary/aromatic N) is 2. The van der Waals surface area contributed by atoms with E-state index in [-0.39, 0.29) is 18.0 Å². The van der Waals surface area contributed by atoms with E-state index in [9.17, 15) is 4.79 Å². The van der Waals surface area contributed by atoms with E-state index >= 15 is 0 Å². The molecule has 0 aromatic carbocycles. The number of rotatable bonds is 6. The van der Waals surface area contributed by atoms with Crippen LogP contribution in [0.1, 0.15) is 48.0 Å². The topological polar surface area (TPSA) is 35.6 Å². The molecule has 1 N–H and O–H groups in total. The molecule has 20 heavy (non-hydrogen) atoms. The highest BCUT2D eigenvalue weighted by Gasteiger charge is 2.22. The molecule has 0 aromatic heterocycles. The van der Waals surface area contributed by atoms with Gasteiger partial charge in [-0.05, 0) is 61.2 Å². The van der Waals surface area contributed by atoms with E-state index in [1.165, 1.54) is 0 Å². The van der Waals surface area contributed by atoms with Crippen LogP contribution in [0.25, 0.3) is 0 Å². The van der Waals surface area contributed by atoms with Gasteiger partial charge in [0.25, 0.3) is 0 Å². The summed E-state index contributed by atoms with van der Waals surface area (Å²) >= 11 is 0. The zero-order valence-corrected chi connectivity index (χ0v) is 15.3. The fourth-order valence-electron chi connectivity index (χ4n) is 1.31. The van der Waals surface area contributed by atoms with Gasteiger partial charge in [-0.25, -0.2) is 0 Å². The molecular formula is C16H37N3O. The van der Waals surface area contributed by atoms with E-state index < -0.39 is 0 Å². The first-order valence-electron chi connectivity index (χ1n) is 7.64. The number of hydrogen-bond donors (Lipinski definition) is 1. The van der Waals surface area contributed by atoms with Gasteiger partial charge in [0.05, 0.1) is 6.04 Å². The second kappa shape index (κ2) is 11.1.